The molecule has 0 saturated carbocycles. The SMILES string of the molecule is CCOC(=O)CC(NS(=O)(=O)c1cccc(C(F)(F)F)c1)C(F)(F)F.O=S(=O)(Cl)c1cccc(C(F)(F)F)c1. The largest absolute Gasteiger partial charge is 0.466 e. The highest BCUT2D eigenvalue weighted by Gasteiger charge is 2.44. The third-order valence-electron chi connectivity index (χ3n) is 4.28. The molecule has 0 fully saturated rings. The highest BCUT2D eigenvalue weighted by Crippen LogP contribution is 2.32. The minimum absolute atomic E-state index is 0.195. The smallest absolute Gasteiger partial charge is 0.416 e. The van der Waals surface area contributed by atoms with Crippen LogP contribution in [0.3, 0.4) is 0 Å². The first kappa shape index (κ1) is 34.5. The van der Waals surface area contributed by atoms with Crippen molar-refractivity contribution < 1.29 is 65.9 Å². The van der Waals surface area contributed by atoms with Gasteiger partial charge in [0.15, 0.2) is 0 Å². The molecule has 0 radical (unpaired) electrons. The van der Waals surface area contributed by atoms with Crippen LogP contribution in [0, 0.1) is 0 Å². The van der Waals surface area contributed by atoms with Gasteiger partial charge in [-0.3, -0.25) is 4.79 Å². The number of ether oxygens (including phenoxy) is 1. The molecule has 1 unspecified atom stereocenters. The third-order valence-corrected chi connectivity index (χ3v) is 7.10. The predicted octanol–water partition coefficient (Wildman–Crippen LogP) is 5.50. The zero-order chi connectivity index (χ0) is 30.4. The van der Waals surface area contributed by atoms with Gasteiger partial charge < -0.3 is 4.74 Å². The first-order chi connectivity index (χ1) is 17.5. The Bertz CT molecular complexity index is 1360. The van der Waals surface area contributed by atoms with E-state index in [4.69, 9.17) is 10.7 Å². The maximum Gasteiger partial charge on any atom is 0.416 e. The molecule has 0 aliphatic rings. The van der Waals surface area contributed by atoms with Crippen molar-refractivity contribution >= 4 is 35.7 Å². The van der Waals surface area contributed by atoms with E-state index in [1.807, 2.05) is 0 Å². The van der Waals surface area contributed by atoms with Gasteiger partial charge >= 0.3 is 24.5 Å². The summed E-state index contributed by atoms with van der Waals surface area (Å²) >= 11 is 0. The molecule has 0 saturated heterocycles. The van der Waals surface area contributed by atoms with E-state index in [0.29, 0.717) is 18.2 Å². The Hall–Kier alpha value is -2.57. The summed E-state index contributed by atoms with van der Waals surface area (Å²) in [4.78, 5) is 9.63. The topological polar surface area (TPSA) is 107 Å². The number of sulfonamides is 1. The summed E-state index contributed by atoms with van der Waals surface area (Å²) in [5.41, 5.74) is -2.39. The molecule has 2 rings (SSSR count). The molecule has 2 aromatic rings. The van der Waals surface area contributed by atoms with Crippen molar-refractivity contribution in [3.63, 3.8) is 0 Å². The molecule has 2 aromatic carbocycles. The minimum Gasteiger partial charge on any atom is -0.466 e. The van der Waals surface area contributed by atoms with E-state index in [1.165, 1.54) is 11.6 Å². The highest BCUT2D eigenvalue weighted by molar-refractivity contribution is 8.13. The summed E-state index contributed by atoms with van der Waals surface area (Å²) in [7, 11) is -4.19. The second-order valence-electron chi connectivity index (χ2n) is 7.21. The summed E-state index contributed by atoms with van der Waals surface area (Å²) in [5.74, 6) is -1.31. The normalized spacial score (nSPS) is 13.7. The van der Waals surface area contributed by atoms with E-state index >= 15 is 0 Å². The Labute approximate surface area is 220 Å². The van der Waals surface area contributed by atoms with Gasteiger partial charge in [0.1, 0.15) is 6.04 Å². The Morgan fingerprint density at radius 2 is 1.28 bits per heavy atom. The maximum atomic E-state index is 12.9. The van der Waals surface area contributed by atoms with Crippen LogP contribution < -0.4 is 4.72 Å². The van der Waals surface area contributed by atoms with Crippen LogP contribution in [0.5, 0.6) is 0 Å². The van der Waals surface area contributed by atoms with Crippen LogP contribution in [-0.4, -0.2) is 41.6 Å². The third kappa shape index (κ3) is 11.2. The van der Waals surface area contributed by atoms with E-state index in [-0.39, 0.29) is 12.7 Å². The number of halogens is 10. The van der Waals surface area contributed by atoms with Gasteiger partial charge in [-0.1, -0.05) is 12.1 Å². The summed E-state index contributed by atoms with van der Waals surface area (Å²) in [6.07, 6.45) is -15.9. The van der Waals surface area contributed by atoms with Gasteiger partial charge in [-0.2, -0.15) is 44.2 Å². The van der Waals surface area contributed by atoms with E-state index < -0.39 is 77.0 Å². The number of hydrogen-bond acceptors (Lipinski definition) is 6. The van der Waals surface area contributed by atoms with Gasteiger partial charge in [-0.25, -0.2) is 16.8 Å². The second-order valence-corrected chi connectivity index (χ2v) is 11.5. The molecule has 0 amide bonds. The van der Waals surface area contributed by atoms with Crippen LogP contribution in [0.1, 0.15) is 24.5 Å². The predicted molar refractivity (Wildman–Crippen MR) is 117 cm³/mol. The zero-order valence-electron chi connectivity index (χ0n) is 19.2. The van der Waals surface area contributed by atoms with E-state index in [1.54, 1.807) is 0 Å². The van der Waals surface area contributed by atoms with E-state index in [2.05, 4.69) is 4.74 Å². The van der Waals surface area contributed by atoms with Crippen LogP contribution in [-0.2, 0) is 41.0 Å². The van der Waals surface area contributed by atoms with E-state index in [9.17, 15) is 61.1 Å². The highest BCUT2D eigenvalue weighted by atomic mass is 35.7. The lowest BCUT2D eigenvalue weighted by molar-refractivity contribution is -0.166. The quantitative estimate of drug-likeness (QED) is 0.244. The molecule has 0 aliphatic carbocycles. The average molecular weight is 638 g/mol. The van der Waals surface area contributed by atoms with Gasteiger partial charge in [0, 0.05) is 10.7 Å². The van der Waals surface area contributed by atoms with Crippen molar-refractivity contribution in [1.29, 1.82) is 0 Å². The zero-order valence-corrected chi connectivity index (χ0v) is 21.5. The number of esters is 1. The summed E-state index contributed by atoms with van der Waals surface area (Å²) < 4.78 is 164. The first-order valence-corrected chi connectivity index (χ1v) is 13.8. The number of nitrogens with one attached hydrogen (secondary N) is 1. The fraction of sp³-hybridized carbons (Fsp3) is 0.350. The molecule has 0 heterocycles. The lowest BCUT2D eigenvalue weighted by atomic mass is 10.2. The van der Waals surface area contributed by atoms with Crippen molar-refractivity contribution in [2.45, 2.75) is 47.7 Å². The molecule has 0 aliphatic heterocycles. The van der Waals surface area contributed by atoms with Crippen LogP contribution in [0.25, 0.3) is 0 Å². The van der Waals surface area contributed by atoms with Gasteiger partial charge in [-0.05, 0) is 43.3 Å². The Kier molecular flexibility index (Phi) is 11.3. The monoisotopic (exact) mass is 637 g/mol. The molecule has 7 nitrogen and oxygen atoms in total. The lowest BCUT2D eigenvalue weighted by Crippen LogP contribution is -2.46. The number of rotatable bonds is 7. The molecule has 1 atom stereocenters. The van der Waals surface area contributed by atoms with Crippen LogP contribution in [0.2, 0.25) is 0 Å². The second kappa shape index (κ2) is 12.7. The van der Waals surface area contributed by atoms with Crippen molar-refractivity contribution in [2.24, 2.45) is 0 Å². The van der Waals surface area contributed by atoms with Crippen molar-refractivity contribution in [3.8, 4) is 0 Å². The Morgan fingerprint density at radius 3 is 1.67 bits per heavy atom. The lowest BCUT2D eigenvalue weighted by Gasteiger charge is -2.21. The van der Waals surface area contributed by atoms with Gasteiger partial charge in [-0.15, -0.1) is 0 Å². The number of carbonyl (C=O) groups is 1. The fourth-order valence-electron chi connectivity index (χ4n) is 2.53. The van der Waals surface area contributed by atoms with Gasteiger partial charge in [0.05, 0.1) is 33.9 Å². The number of alkyl halides is 9. The molecule has 0 aromatic heterocycles. The molecule has 0 bridgehead atoms. The number of benzene rings is 2. The standard InChI is InChI=1S/C13H13F6NO4S.C7H4ClF3O2S/c1-2-24-11(21)7-10(13(17,18)19)20-25(22,23)9-5-3-4-8(6-9)12(14,15)16;8-14(12,13)6-3-1-2-5(4-6)7(9,10)11/h3-6,10,20H,2,7H2,1H3;1-4H. The molecule has 0 spiro atoms. The van der Waals surface area contributed by atoms with Gasteiger partial charge in [0.25, 0.3) is 9.05 Å². The summed E-state index contributed by atoms with van der Waals surface area (Å²) in [6, 6.07) is 2.61. The maximum absolute atomic E-state index is 12.9. The summed E-state index contributed by atoms with van der Waals surface area (Å²) in [6.45, 7) is 1.12. The molecule has 39 heavy (non-hydrogen) atoms. The molecular weight excluding hydrogens is 621 g/mol. The van der Waals surface area contributed by atoms with Crippen molar-refractivity contribution in [3.05, 3.63) is 59.7 Å². The van der Waals surface area contributed by atoms with E-state index in [0.717, 1.165) is 24.3 Å². The van der Waals surface area contributed by atoms with Crippen molar-refractivity contribution in [1.82, 2.24) is 4.72 Å². The molecule has 1 N–H and O–H groups in total. The number of carbonyl (C=O) groups excluding carboxylic acids is 1. The van der Waals surface area contributed by atoms with Crippen molar-refractivity contribution in [2.75, 3.05) is 6.61 Å². The summed E-state index contributed by atoms with van der Waals surface area (Å²) in [5, 5.41) is 0. The molecule has 220 valence electrons. The average Bonchev–Trinajstić information content (AvgIpc) is 2.77. The van der Waals surface area contributed by atoms with Crippen LogP contribution in [0.15, 0.2) is 58.3 Å². The number of hydrogen-bond donors (Lipinski definition) is 1. The Morgan fingerprint density at radius 1 is 0.846 bits per heavy atom. The first-order valence-electron chi connectivity index (χ1n) is 10.0. The van der Waals surface area contributed by atoms with Gasteiger partial charge in [0.2, 0.25) is 10.0 Å². The van der Waals surface area contributed by atoms with Crippen LogP contribution in [0.4, 0.5) is 39.5 Å². The Balaban J connectivity index is 0.000000457. The fourth-order valence-corrected chi connectivity index (χ4v) is 4.59. The minimum atomic E-state index is -5.15. The molecular formula is C20H17ClF9NO6S2. The molecule has 19 heteroatoms. The van der Waals surface area contributed by atoms with Crippen LogP contribution >= 0.6 is 10.7 Å².